The minimum Gasteiger partial charge on any atom is -0.343 e. The van der Waals surface area contributed by atoms with Gasteiger partial charge in [0.2, 0.25) is 24.0 Å². The van der Waals surface area contributed by atoms with E-state index in [4.69, 9.17) is 5.73 Å². The van der Waals surface area contributed by atoms with Crippen LogP contribution in [0.15, 0.2) is 30.5 Å². The van der Waals surface area contributed by atoms with E-state index >= 15 is 4.39 Å². The summed E-state index contributed by atoms with van der Waals surface area (Å²) >= 11 is 0. The number of carbonyl (C=O) groups excluding carboxylic acids is 5. The van der Waals surface area contributed by atoms with Gasteiger partial charge in [0.15, 0.2) is 28.8 Å². The Kier molecular flexibility index (Phi) is 12.6. The second kappa shape index (κ2) is 16.7. The van der Waals surface area contributed by atoms with Gasteiger partial charge in [0.25, 0.3) is 0 Å². The molecule has 1 saturated carbocycles. The number of aromatic nitrogens is 3. The lowest BCUT2D eigenvalue weighted by molar-refractivity contribution is -0.149. The van der Waals surface area contributed by atoms with Crippen molar-refractivity contribution >= 4 is 35.4 Å². The number of carbonyl (C=O) groups is 5. The number of benzene rings is 1. The standard InChI is InChI=1S/C38H45F6N7O5/c1-20(2)31(45)33(54)37(11-5-6-12-37)36(56)46-32(21(3)4)34(55)49-13-7-8-30(49)51(19-52)24(14-23-15-26(40)27(41)17-25(23)39)16-28(53)22-9-10-29-47-48-35(38(42,43)44)50(29)18-22/h9-10,15,17-21,24,30-32H,5-8,11-14,16,45H2,1-4H3,(H,46,56). The number of Topliss-reactive ketones (excluding diaryl/α,β-unsaturated/α-hetero) is 2. The van der Waals surface area contributed by atoms with Gasteiger partial charge in [-0.25, -0.2) is 13.2 Å². The Hall–Kier alpha value is -4.87. The van der Waals surface area contributed by atoms with Crippen molar-refractivity contribution in [1.82, 2.24) is 29.7 Å². The van der Waals surface area contributed by atoms with Crippen molar-refractivity contribution < 1.29 is 50.3 Å². The molecule has 56 heavy (non-hydrogen) atoms. The first-order chi connectivity index (χ1) is 26.3. The molecule has 3 N–H and O–H groups in total. The van der Waals surface area contributed by atoms with E-state index < -0.39 is 107 Å². The molecule has 0 spiro atoms. The first kappa shape index (κ1) is 42.3. The molecule has 4 unspecified atom stereocenters. The normalized spacial score (nSPS) is 18.7. The number of likely N-dealkylation sites (tertiary alicyclic amines) is 1. The number of hydrogen-bond donors (Lipinski definition) is 2. The summed E-state index contributed by atoms with van der Waals surface area (Å²) < 4.78 is 84.7. The highest BCUT2D eigenvalue weighted by molar-refractivity contribution is 6.09. The van der Waals surface area contributed by atoms with Crippen LogP contribution in [0.4, 0.5) is 26.3 Å². The Morgan fingerprint density at radius 2 is 1.64 bits per heavy atom. The van der Waals surface area contributed by atoms with Crippen LogP contribution in [0.25, 0.3) is 5.65 Å². The number of alkyl halides is 3. The second-order valence-corrected chi connectivity index (χ2v) is 15.3. The summed E-state index contributed by atoms with van der Waals surface area (Å²) in [5.41, 5.74) is 3.93. The molecular formula is C38H45F6N7O5. The Labute approximate surface area is 319 Å². The third-order valence-electron chi connectivity index (χ3n) is 10.9. The summed E-state index contributed by atoms with van der Waals surface area (Å²) in [6.45, 7) is 7.03. The molecule has 2 aliphatic rings. The SMILES string of the molecule is CC(C)C(N)C(=O)C1(C(=O)NC(C(=O)N2CCCC2N(C=O)C(CC(=O)c2ccc3nnc(C(F)(F)F)n3c2)Cc2cc(F)c(F)cc2F)C(C)C)CCCC1. The lowest BCUT2D eigenvalue weighted by Crippen LogP contribution is -2.60. The van der Waals surface area contributed by atoms with Crippen molar-refractivity contribution in [3.05, 3.63) is 64.9 Å². The molecule has 4 atom stereocenters. The van der Waals surface area contributed by atoms with E-state index in [1.807, 2.05) is 0 Å². The predicted octanol–water partition coefficient (Wildman–Crippen LogP) is 5.01. The molecular weight excluding hydrogens is 748 g/mol. The van der Waals surface area contributed by atoms with Crippen molar-refractivity contribution in [3.8, 4) is 0 Å². The zero-order chi connectivity index (χ0) is 41.3. The van der Waals surface area contributed by atoms with Crippen LogP contribution in [0.1, 0.15) is 94.4 Å². The van der Waals surface area contributed by atoms with E-state index in [1.165, 1.54) is 11.0 Å². The number of fused-ring (bicyclic) bond motifs is 1. The lowest BCUT2D eigenvalue weighted by Gasteiger charge is -2.40. The molecule has 12 nitrogen and oxygen atoms in total. The zero-order valence-corrected chi connectivity index (χ0v) is 31.4. The van der Waals surface area contributed by atoms with Crippen LogP contribution in [0.3, 0.4) is 0 Å². The summed E-state index contributed by atoms with van der Waals surface area (Å²) in [4.78, 5) is 71.2. The van der Waals surface area contributed by atoms with E-state index in [-0.39, 0.29) is 42.9 Å². The third kappa shape index (κ3) is 8.44. The number of nitrogens with two attached hydrogens (primary N) is 1. The largest absolute Gasteiger partial charge is 0.452 e. The predicted molar refractivity (Wildman–Crippen MR) is 189 cm³/mol. The topological polar surface area (TPSA) is 160 Å². The van der Waals surface area contributed by atoms with Crippen molar-refractivity contribution in [3.63, 3.8) is 0 Å². The first-order valence-corrected chi connectivity index (χ1v) is 18.5. The molecule has 1 aliphatic heterocycles. The van der Waals surface area contributed by atoms with Crippen LogP contribution in [0.2, 0.25) is 0 Å². The molecule has 3 amide bonds. The highest BCUT2D eigenvalue weighted by Gasteiger charge is 2.51. The van der Waals surface area contributed by atoms with Gasteiger partial charge in [-0.1, -0.05) is 40.5 Å². The van der Waals surface area contributed by atoms with Crippen molar-refractivity contribution in [1.29, 1.82) is 0 Å². The van der Waals surface area contributed by atoms with E-state index in [2.05, 4.69) is 15.5 Å². The summed E-state index contributed by atoms with van der Waals surface area (Å²) in [5, 5.41) is 9.43. The van der Waals surface area contributed by atoms with E-state index in [1.54, 1.807) is 27.7 Å². The quantitative estimate of drug-likeness (QED) is 0.0715. The molecule has 0 radical (unpaired) electrons. The van der Waals surface area contributed by atoms with Crippen molar-refractivity contribution in [2.45, 2.75) is 110 Å². The number of hydrogen-bond acceptors (Lipinski definition) is 8. The molecule has 2 fully saturated rings. The van der Waals surface area contributed by atoms with Gasteiger partial charge in [0.1, 0.15) is 23.4 Å². The molecule has 2 aromatic heterocycles. The van der Waals surface area contributed by atoms with Gasteiger partial charge >= 0.3 is 6.18 Å². The average molecular weight is 794 g/mol. The van der Waals surface area contributed by atoms with Gasteiger partial charge in [0, 0.05) is 36.8 Å². The summed E-state index contributed by atoms with van der Waals surface area (Å²) in [7, 11) is 0. The molecule has 3 heterocycles. The number of nitrogens with one attached hydrogen (secondary N) is 1. The smallest absolute Gasteiger partial charge is 0.343 e. The Balaban J connectivity index is 1.47. The third-order valence-corrected chi connectivity index (χ3v) is 10.9. The maximum atomic E-state index is 15.1. The van der Waals surface area contributed by atoms with Crippen LogP contribution < -0.4 is 11.1 Å². The minimum absolute atomic E-state index is 0.0972. The molecule has 1 saturated heterocycles. The second-order valence-electron chi connectivity index (χ2n) is 15.3. The first-order valence-electron chi connectivity index (χ1n) is 18.5. The van der Waals surface area contributed by atoms with E-state index in [9.17, 15) is 45.9 Å². The molecule has 18 heteroatoms. The monoisotopic (exact) mass is 793 g/mol. The molecule has 5 rings (SSSR count). The lowest BCUT2D eigenvalue weighted by atomic mass is 9.75. The number of rotatable bonds is 15. The van der Waals surface area contributed by atoms with Gasteiger partial charge in [0.05, 0.1) is 6.04 Å². The summed E-state index contributed by atoms with van der Waals surface area (Å²) in [5.74, 6) is -8.62. The van der Waals surface area contributed by atoms with Gasteiger partial charge < -0.3 is 20.9 Å². The zero-order valence-electron chi connectivity index (χ0n) is 31.4. The van der Waals surface area contributed by atoms with Crippen LogP contribution in [-0.2, 0) is 31.8 Å². The maximum Gasteiger partial charge on any atom is 0.452 e. The van der Waals surface area contributed by atoms with Crippen molar-refractivity contribution in [2.24, 2.45) is 23.0 Å². The fourth-order valence-corrected chi connectivity index (χ4v) is 7.71. The van der Waals surface area contributed by atoms with Crippen molar-refractivity contribution in [2.75, 3.05) is 6.54 Å². The molecule has 1 aromatic carbocycles. The number of ketones is 2. The van der Waals surface area contributed by atoms with Gasteiger partial charge in [-0.3, -0.25) is 28.4 Å². The Bertz CT molecular complexity index is 1980. The summed E-state index contributed by atoms with van der Waals surface area (Å²) in [6.07, 6.45) is -3.70. The number of nitrogens with zero attached hydrogens (tertiary/aromatic N) is 5. The highest BCUT2D eigenvalue weighted by Crippen LogP contribution is 2.41. The minimum atomic E-state index is -4.91. The van der Waals surface area contributed by atoms with Gasteiger partial charge in [-0.05, 0) is 67.7 Å². The molecule has 3 aromatic rings. The van der Waals surface area contributed by atoms with Crippen LogP contribution in [0, 0.1) is 34.7 Å². The highest BCUT2D eigenvalue weighted by atomic mass is 19.4. The van der Waals surface area contributed by atoms with Gasteiger partial charge in [-0.2, -0.15) is 13.2 Å². The fourth-order valence-electron chi connectivity index (χ4n) is 7.71. The number of pyridine rings is 1. The molecule has 1 aliphatic carbocycles. The number of amides is 3. The molecule has 0 bridgehead atoms. The van der Waals surface area contributed by atoms with Crippen LogP contribution >= 0.6 is 0 Å². The van der Waals surface area contributed by atoms with Crippen LogP contribution in [-0.4, -0.2) is 85.0 Å². The average Bonchev–Trinajstić information content (AvgIpc) is 3.92. The summed E-state index contributed by atoms with van der Waals surface area (Å²) in [6, 6.07) is -0.180. The van der Waals surface area contributed by atoms with Crippen LogP contribution in [0.5, 0.6) is 0 Å². The van der Waals surface area contributed by atoms with E-state index in [0.717, 1.165) is 17.2 Å². The van der Waals surface area contributed by atoms with Gasteiger partial charge in [-0.15, -0.1) is 10.2 Å². The Morgan fingerprint density at radius 3 is 2.25 bits per heavy atom. The fraction of sp³-hybridized carbons (Fsp3) is 0.553. The molecule has 304 valence electrons. The van der Waals surface area contributed by atoms with E-state index in [0.29, 0.717) is 42.2 Å². The number of halogens is 6. The maximum absolute atomic E-state index is 15.1. The Morgan fingerprint density at radius 1 is 0.982 bits per heavy atom.